The number of hydrogen-bond donors (Lipinski definition) is 2. The topological polar surface area (TPSA) is 86.7 Å². The van der Waals surface area contributed by atoms with E-state index in [1.54, 1.807) is 18.2 Å². The Morgan fingerprint density at radius 3 is 2.58 bits per heavy atom. The van der Waals surface area contributed by atoms with Gasteiger partial charge in [-0.1, -0.05) is 18.6 Å². The van der Waals surface area contributed by atoms with Gasteiger partial charge in [-0.25, -0.2) is 4.39 Å². The van der Waals surface area contributed by atoms with Gasteiger partial charge in [0, 0.05) is 12.5 Å². The molecule has 1 aliphatic carbocycles. The van der Waals surface area contributed by atoms with Crippen molar-refractivity contribution in [3.63, 3.8) is 0 Å². The zero-order valence-electron chi connectivity index (χ0n) is 14.5. The second-order valence-corrected chi connectivity index (χ2v) is 7.04. The summed E-state index contributed by atoms with van der Waals surface area (Å²) >= 11 is 0. The third-order valence-electron chi connectivity index (χ3n) is 5.29. The van der Waals surface area contributed by atoms with Gasteiger partial charge in [0.15, 0.2) is 0 Å². The summed E-state index contributed by atoms with van der Waals surface area (Å²) in [6, 6.07) is 5.40. The molecule has 140 valence electrons. The zero-order valence-corrected chi connectivity index (χ0v) is 14.5. The molecule has 1 aliphatic heterocycles. The quantitative estimate of drug-likeness (QED) is 0.861. The number of nitrogens with zero attached hydrogens (tertiary/aromatic N) is 1. The van der Waals surface area contributed by atoms with Gasteiger partial charge >= 0.3 is 5.97 Å². The van der Waals surface area contributed by atoms with Crippen LogP contribution in [0.4, 0.5) is 10.1 Å². The highest BCUT2D eigenvalue weighted by atomic mass is 19.1. The van der Waals surface area contributed by atoms with Crippen molar-refractivity contribution in [1.29, 1.82) is 0 Å². The maximum Gasteiger partial charge on any atom is 0.306 e. The number of benzene rings is 1. The molecule has 3 rings (SSSR count). The van der Waals surface area contributed by atoms with Crippen LogP contribution < -0.4 is 10.2 Å². The molecule has 7 heteroatoms. The number of anilines is 1. The van der Waals surface area contributed by atoms with Crippen molar-refractivity contribution in [2.75, 3.05) is 11.4 Å². The molecule has 2 aliphatic rings. The Bertz CT molecular complexity index is 709. The number of hydrogen-bond acceptors (Lipinski definition) is 3. The second-order valence-electron chi connectivity index (χ2n) is 7.04. The number of para-hydroxylation sites is 1. The molecule has 3 unspecified atom stereocenters. The summed E-state index contributed by atoms with van der Waals surface area (Å²) in [6.45, 7) is 0.413. The molecule has 2 N–H and O–H groups in total. The van der Waals surface area contributed by atoms with E-state index < -0.39 is 23.7 Å². The highest BCUT2D eigenvalue weighted by Gasteiger charge is 2.36. The first-order chi connectivity index (χ1) is 12.5. The number of carboxylic acid groups (broad SMARTS) is 1. The largest absolute Gasteiger partial charge is 0.481 e. The average Bonchev–Trinajstić information content (AvgIpc) is 2.64. The lowest BCUT2D eigenvalue weighted by Crippen LogP contribution is -2.54. The van der Waals surface area contributed by atoms with E-state index in [2.05, 4.69) is 5.32 Å². The third-order valence-corrected chi connectivity index (χ3v) is 5.29. The van der Waals surface area contributed by atoms with Gasteiger partial charge in [-0.2, -0.15) is 0 Å². The van der Waals surface area contributed by atoms with Crippen LogP contribution in [0.2, 0.25) is 0 Å². The summed E-state index contributed by atoms with van der Waals surface area (Å²) in [5.41, 5.74) is 0.222. The molecule has 1 saturated heterocycles. The maximum atomic E-state index is 14.0. The number of carboxylic acids is 1. The van der Waals surface area contributed by atoms with Gasteiger partial charge in [0.2, 0.25) is 11.8 Å². The van der Waals surface area contributed by atoms with E-state index in [1.807, 2.05) is 0 Å². The van der Waals surface area contributed by atoms with Crippen LogP contribution in [0.15, 0.2) is 24.3 Å². The summed E-state index contributed by atoms with van der Waals surface area (Å²) in [7, 11) is 0. The molecule has 2 fully saturated rings. The Hall–Kier alpha value is -2.44. The molecule has 26 heavy (non-hydrogen) atoms. The van der Waals surface area contributed by atoms with Crippen LogP contribution in [0, 0.1) is 17.7 Å². The van der Waals surface area contributed by atoms with Gasteiger partial charge in [0.05, 0.1) is 11.6 Å². The minimum absolute atomic E-state index is 0.222. The zero-order chi connectivity index (χ0) is 18.7. The first kappa shape index (κ1) is 18.4. The van der Waals surface area contributed by atoms with E-state index in [0.29, 0.717) is 45.1 Å². The van der Waals surface area contributed by atoms with Gasteiger partial charge in [0.1, 0.15) is 11.9 Å². The van der Waals surface area contributed by atoms with Crippen molar-refractivity contribution in [2.45, 2.75) is 44.6 Å². The third kappa shape index (κ3) is 3.86. The van der Waals surface area contributed by atoms with Gasteiger partial charge < -0.3 is 15.3 Å². The predicted octanol–water partition coefficient (Wildman–Crippen LogP) is 2.33. The van der Waals surface area contributed by atoms with E-state index in [0.717, 1.165) is 0 Å². The van der Waals surface area contributed by atoms with Crippen molar-refractivity contribution in [1.82, 2.24) is 5.32 Å². The second kappa shape index (κ2) is 7.85. The monoisotopic (exact) mass is 362 g/mol. The molecule has 3 atom stereocenters. The van der Waals surface area contributed by atoms with Gasteiger partial charge in [0.25, 0.3) is 0 Å². The standard InChI is InChI=1S/C19H23FN2O4/c20-14-7-1-2-9-16(14)22-10-4-8-15(18(22)24)21-17(23)12-5-3-6-13(11-12)19(25)26/h1-2,7,9,12-13,15H,3-6,8,10-11H2,(H,21,23)(H,25,26). The summed E-state index contributed by atoms with van der Waals surface area (Å²) in [6.07, 6.45) is 3.38. The minimum atomic E-state index is -0.873. The van der Waals surface area contributed by atoms with Crippen LogP contribution in [0.5, 0.6) is 0 Å². The average molecular weight is 362 g/mol. The first-order valence-corrected chi connectivity index (χ1v) is 9.06. The molecule has 6 nitrogen and oxygen atoms in total. The smallest absolute Gasteiger partial charge is 0.306 e. The fourth-order valence-electron chi connectivity index (χ4n) is 3.86. The molecule has 1 heterocycles. The van der Waals surface area contributed by atoms with E-state index in [9.17, 15) is 18.8 Å². The maximum absolute atomic E-state index is 14.0. The minimum Gasteiger partial charge on any atom is -0.481 e. The van der Waals surface area contributed by atoms with Crippen molar-refractivity contribution in [2.24, 2.45) is 11.8 Å². The number of piperidine rings is 1. The molecule has 1 aromatic rings. The number of carbonyl (C=O) groups is 3. The highest BCUT2D eigenvalue weighted by Crippen LogP contribution is 2.30. The molecular formula is C19H23FN2O4. The lowest BCUT2D eigenvalue weighted by Gasteiger charge is -2.34. The van der Waals surface area contributed by atoms with Crippen LogP contribution in [0.25, 0.3) is 0 Å². The van der Waals surface area contributed by atoms with E-state index in [-0.39, 0.29) is 23.4 Å². The highest BCUT2D eigenvalue weighted by molar-refractivity contribution is 6.00. The van der Waals surface area contributed by atoms with Gasteiger partial charge in [-0.05, 0) is 44.2 Å². The Kier molecular flexibility index (Phi) is 5.54. The number of aliphatic carboxylic acids is 1. The molecule has 2 amide bonds. The van der Waals surface area contributed by atoms with E-state index in [1.165, 1.54) is 11.0 Å². The first-order valence-electron chi connectivity index (χ1n) is 9.06. The lowest BCUT2D eigenvalue weighted by atomic mass is 9.81. The van der Waals surface area contributed by atoms with Crippen LogP contribution in [0.1, 0.15) is 38.5 Å². The molecule has 0 radical (unpaired) electrons. The summed E-state index contributed by atoms with van der Waals surface area (Å²) in [4.78, 5) is 37.8. The van der Waals surface area contributed by atoms with Crippen molar-refractivity contribution in [3.05, 3.63) is 30.1 Å². The molecular weight excluding hydrogens is 339 g/mol. The number of nitrogens with one attached hydrogen (secondary N) is 1. The fourth-order valence-corrected chi connectivity index (χ4v) is 3.86. The molecule has 0 spiro atoms. The Morgan fingerprint density at radius 1 is 1.12 bits per heavy atom. The van der Waals surface area contributed by atoms with Crippen molar-refractivity contribution < 1.29 is 23.9 Å². The van der Waals surface area contributed by atoms with Crippen molar-refractivity contribution >= 4 is 23.5 Å². The number of amides is 2. The molecule has 0 aromatic heterocycles. The normalized spacial score (nSPS) is 26.4. The molecule has 1 aromatic carbocycles. The Balaban J connectivity index is 1.66. The Labute approximate surface area is 151 Å². The van der Waals surface area contributed by atoms with E-state index >= 15 is 0 Å². The lowest BCUT2D eigenvalue weighted by molar-refractivity contribution is -0.144. The number of rotatable bonds is 4. The van der Waals surface area contributed by atoms with Crippen LogP contribution in [-0.2, 0) is 14.4 Å². The molecule has 1 saturated carbocycles. The van der Waals surface area contributed by atoms with Gasteiger partial charge in [-0.3, -0.25) is 14.4 Å². The van der Waals surface area contributed by atoms with Crippen LogP contribution >= 0.6 is 0 Å². The fraction of sp³-hybridized carbons (Fsp3) is 0.526. The SMILES string of the molecule is O=C(O)C1CCCC(C(=O)NC2CCCN(c3ccccc3F)C2=O)C1. The summed E-state index contributed by atoms with van der Waals surface area (Å²) in [5, 5.41) is 11.9. The molecule has 0 bridgehead atoms. The van der Waals surface area contributed by atoms with Gasteiger partial charge in [-0.15, -0.1) is 0 Å². The summed E-state index contributed by atoms with van der Waals surface area (Å²) < 4.78 is 14.0. The van der Waals surface area contributed by atoms with Crippen LogP contribution in [-0.4, -0.2) is 35.5 Å². The summed E-state index contributed by atoms with van der Waals surface area (Å²) in [5.74, 6) is -2.82. The number of halogens is 1. The van der Waals surface area contributed by atoms with Crippen LogP contribution in [0.3, 0.4) is 0 Å². The predicted molar refractivity (Wildman–Crippen MR) is 93.0 cm³/mol. The Morgan fingerprint density at radius 2 is 1.85 bits per heavy atom. The number of carbonyl (C=O) groups excluding carboxylic acids is 2. The van der Waals surface area contributed by atoms with E-state index in [4.69, 9.17) is 5.11 Å². The van der Waals surface area contributed by atoms with Crippen molar-refractivity contribution in [3.8, 4) is 0 Å².